The van der Waals surface area contributed by atoms with Crippen molar-refractivity contribution in [2.45, 2.75) is 58.5 Å². The Labute approximate surface area is 199 Å². The Morgan fingerprint density at radius 1 is 1.06 bits per heavy atom. The summed E-state index contributed by atoms with van der Waals surface area (Å²) in [6.07, 6.45) is 0.815. The van der Waals surface area contributed by atoms with E-state index in [0.717, 1.165) is 12.2 Å². The van der Waals surface area contributed by atoms with Crippen molar-refractivity contribution in [3.8, 4) is 0 Å². The van der Waals surface area contributed by atoms with Crippen LogP contribution in [0.1, 0.15) is 43.9 Å². The largest absolute Gasteiger partial charge is 0.352 e. The fraction of sp³-hybridized carbons (Fsp3) is 0.417. The highest BCUT2D eigenvalue weighted by atomic mass is 35.5. The van der Waals surface area contributed by atoms with Gasteiger partial charge in [0.15, 0.2) is 0 Å². The van der Waals surface area contributed by atoms with E-state index in [1.807, 2.05) is 26.0 Å². The number of amides is 2. The monoisotopic (exact) mass is 480 g/mol. The smallest absolute Gasteiger partial charge is 0.242 e. The van der Waals surface area contributed by atoms with Gasteiger partial charge in [0.05, 0.1) is 5.75 Å². The van der Waals surface area contributed by atoms with Gasteiger partial charge >= 0.3 is 0 Å². The van der Waals surface area contributed by atoms with E-state index in [1.54, 1.807) is 30.0 Å². The number of benzene rings is 2. The molecule has 2 aromatic rings. The average molecular weight is 481 g/mol. The van der Waals surface area contributed by atoms with Crippen molar-refractivity contribution in [1.82, 2.24) is 10.2 Å². The summed E-state index contributed by atoms with van der Waals surface area (Å²) in [7, 11) is 0. The van der Waals surface area contributed by atoms with Crippen molar-refractivity contribution >= 4 is 46.8 Å². The number of aryl methyl sites for hydroxylation is 1. The summed E-state index contributed by atoms with van der Waals surface area (Å²) in [5.74, 6) is 0.681. The van der Waals surface area contributed by atoms with Crippen molar-refractivity contribution < 1.29 is 9.59 Å². The number of rotatable bonds is 10. The van der Waals surface area contributed by atoms with Crippen LogP contribution in [0.5, 0.6) is 0 Å². The lowest BCUT2D eigenvalue weighted by Crippen LogP contribution is -2.50. The van der Waals surface area contributed by atoms with E-state index in [1.165, 1.54) is 22.9 Å². The first-order chi connectivity index (χ1) is 14.7. The third kappa shape index (κ3) is 7.44. The molecule has 0 aliphatic rings. The maximum Gasteiger partial charge on any atom is 0.242 e. The first-order valence-corrected chi connectivity index (χ1v) is 12.3. The van der Waals surface area contributed by atoms with Gasteiger partial charge in [-0.05, 0) is 50.5 Å². The summed E-state index contributed by atoms with van der Waals surface area (Å²) in [4.78, 5) is 27.5. The summed E-state index contributed by atoms with van der Waals surface area (Å²) in [6.45, 7) is 7.93. The summed E-state index contributed by atoms with van der Waals surface area (Å²) >= 11 is 14.2. The third-order valence-corrected chi connectivity index (χ3v) is 6.98. The molecular weight excluding hydrogens is 451 g/mol. The Hall–Kier alpha value is -1.69. The van der Waals surface area contributed by atoms with E-state index in [0.29, 0.717) is 15.6 Å². The first-order valence-electron chi connectivity index (χ1n) is 10.4. The number of nitrogens with zero attached hydrogens (tertiary/aromatic N) is 1. The number of carbonyl (C=O) groups excluding carboxylic acids is 2. The summed E-state index contributed by atoms with van der Waals surface area (Å²) in [5.41, 5.74) is 3.04. The van der Waals surface area contributed by atoms with Crippen LogP contribution in [0.4, 0.5) is 0 Å². The Morgan fingerprint density at radius 3 is 2.32 bits per heavy atom. The lowest BCUT2D eigenvalue weighted by molar-refractivity contribution is -0.138. The van der Waals surface area contributed by atoms with Crippen molar-refractivity contribution in [3.63, 3.8) is 0 Å². The van der Waals surface area contributed by atoms with Gasteiger partial charge in [0.2, 0.25) is 11.8 Å². The molecule has 0 aliphatic heterocycles. The molecule has 0 aliphatic carbocycles. The SMILES string of the molecule is CC[C@@H](C)NC(=O)[C@H](C)N(Cc1c(Cl)cccc1Cl)C(=O)CSCc1ccccc1C. The molecule has 0 fully saturated rings. The zero-order valence-electron chi connectivity index (χ0n) is 18.5. The van der Waals surface area contributed by atoms with Crippen molar-refractivity contribution in [3.05, 3.63) is 69.2 Å². The highest BCUT2D eigenvalue weighted by Crippen LogP contribution is 2.27. The van der Waals surface area contributed by atoms with E-state index in [4.69, 9.17) is 23.2 Å². The minimum absolute atomic E-state index is 0.0336. The van der Waals surface area contributed by atoms with E-state index >= 15 is 0 Å². The quantitative estimate of drug-likeness (QED) is 0.462. The lowest BCUT2D eigenvalue weighted by atomic mass is 10.1. The van der Waals surface area contributed by atoms with Gasteiger partial charge in [0.25, 0.3) is 0 Å². The zero-order chi connectivity index (χ0) is 23.0. The van der Waals surface area contributed by atoms with Gasteiger partial charge in [-0.3, -0.25) is 9.59 Å². The summed E-state index contributed by atoms with van der Waals surface area (Å²) in [6, 6.07) is 12.8. The van der Waals surface area contributed by atoms with E-state index in [2.05, 4.69) is 24.4 Å². The molecule has 0 heterocycles. The molecule has 2 aromatic carbocycles. The molecule has 0 spiro atoms. The number of nitrogens with one attached hydrogen (secondary N) is 1. The maximum atomic E-state index is 13.2. The second-order valence-electron chi connectivity index (χ2n) is 7.63. The minimum Gasteiger partial charge on any atom is -0.352 e. The van der Waals surface area contributed by atoms with E-state index in [-0.39, 0.29) is 30.2 Å². The number of carbonyl (C=O) groups is 2. The molecule has 2 atom stereocenters. The Morgan fingerprint density at radius 2 is 1.71 bits per heavy atom. The van der Waals surface area contributed by atoms with Crippen LogP contribution >= 0.6 is 35.0 Å². The predicted octanol–water partition coefficient (Wildman–Crippen LogP) is 5.87. The van der Waals surface area contributed by atoms with Gasteiger partial charge in [-0.25, -0.2) is 0 Å². The lowest BCUT2D eigenvalue weighted by Gasteiger charge is -2.30. The molecule has 31 heavy (non-hydrogen) atoms. The van der Waals surface area contributed by atoms with Crippen LogP contribution in [-0.4, -0.2) is 34.6 Å². The van der Waals surface area contributed by atoms with Gasteiger partial charge in [-0.15, -0.1) is 11.8 Å². The molecule has 1 N–H and O–H groups in total. The fourth-order valence-electron chi connectivity index (χ4n) is 3.01. The molecule has 0 radical (unpaired) electrons. The highest BCUT2D eigenvalue weighted by Gasteiger charge is 2.28. The maximum absolute atomic E-state index is 13.2. The summed E-state index contributed by atoms with van der Waals surface area (Å²) < 4.78 is 0. The van der Waals surface area contributed by atoms with Crippen LogP contribution < -0.4 is 5.32 Å². The van der Waals surface area contributed by atoms with Gasteiger partial charge < -0.3 is 10.2 Å². The van der Waals surface area contributed by atoms with E-state index in [9.17, 15) is 9.59 Å². The van der Waals surface area contributed by atoms with Gasteiger partial charge in [-0.1, -0.05) is 60.5 Å². The van der Waals surface area contributed by atoms with Crippen LogP contribution in [0.25, 0.3) is 0 Å². The topological polar surface area (TPSA) is 49.4 Å². The van der Waals surface area contributed by atoms with Crippen LogP contribution in [0.2, 0.25) is 10.0 Å². The van der Waals surface area contributed by atoms with Gasteiger partial charge in [0, 0.05) is 33.9 Å². The van der Waals surface area contributed by atoms with Crippen molar-refractivity contribution in [2.75, 3.05) is 5.75 Å². The Kier molecular flexibility index (Phi) is 10.2. The van der Waals surface area contributed by atoms with Crippen LogP contribution in [0.15, 0.2) is 42.5 Å². The number of hydrogen-bond acceptors (Lipinski definition) is 3. The third-order valence-electron chi connectivity index (χ3n) is 5.30. The van der Waals surface area contributed by atoms with Crippen LogP contribution in [-0.2, 0) is 21.9 Å². The second kappa shape index (κ2) is 12.4. The average Bonchev–Trinajstić information content (AvgIpc) is 2.74. The normalized spacial score (nSPS) is 12.8. The Bertz CT molecular complexity index is 887. The fourth-order valence-corrected chi connectivity index (χ4v) is 4.51. The van der Waals surface area contributed by atoms with Crippen LogP contribution in [0, 0.1) is 6.92 Å². The number of hydrogen-bond donors (Lipinski definition) is 1. The first kappa shape index (κ1) is 25.6. The van der Waals surface area contributed by atoms with Crippen LogP contribution in [0.3, 0.4) is 0 Å². The van der Waals surface area contributed by atoms with Crippen molar-refractivity contribution in [1.29, 1.82) is 0 Å². The van der Waals surface area contributed by atoms with Gasteiger partial charge in [0.1, 0.15) is 6.04 Å². The summed E-state index contributed by atoms with van der Waals surface area (Å²) in [5, 5.41) is 3.92. The zero-order valence-corrected chi connectivity index (χ0v) is 20.8. The minimum atomic E-state index is -0.645. The molecular formula is C24H30Cl2N2O2S. The van der Waals surface area contributed by atoms with Crippen molar-refractivity contribution in [2.24, 2.45) is 0 Å². The predicted molar refractivity (Wildman–Crippen MR) is 132 cm³/mol. The molecule has 168 valence electrons. The number of thioether (sulfide) groups is 1. The molecule has 4 nitrogen and oxygen atoms in total. The molecule has 0 saturated carbocycles. The molecule has 0 saturated heterocycles. The Balaban J connectivity index is 2.16. The molecule has 0 aromatic heterocycles. The molecule has 2 amide bonds. The highest BCUT2D eigenvalue weighted by molar-refractivity contribution is 7.99. The second-order valence-corrected chi connectivity index (χ2v) is 9.43. The number of halogens is 2. The molecule has 7 heteroatoms. The van der Waals surface area contributed by atoms with E-state index < -0.39 is 6.04 Å². The molecule has 2 rings (SSSR count). The molecule has 0 bridgehead atoms. The molecule has 0 unspecified atom stereocenters. The standard InChI is InChI=1S/C24H30Cl2N2O2S/c1-5-17(3)27-24(30)18(4)28(13-20-21(25)11-8-12-22(20)26)23(29)15-31-14-19-10-7-6-9-16(19)2/h6-12,17-18H,5,13-15H2,1-4H3,(H,27,30)/t17-,18+/m1/s1. The van der Waals surface area contributed by atoms with Gasteiger partial charge in [-0.2, -0.15) is 0 Å².